The van der Waals surface area contributed by atoms with Crippen LogP contribution in [0.3, 0.4) is 0 Å². The summed E-state index contributed by atoms with van der Waals surface area (Å²) in [5.74, 6) is -1.75. The normalized spacial score (nSPS) is 27.4. The summed E-state index contributed by atoms with van der Waals surface area (Å²) in [6.07, 6.45) is 2.72. The minimum atomic E-state index is -0.853. The number of aliphatic carboxylic acids is 1. The van der Waals surface area contributed by atoms with E-state index in [1.54, 1.807) is 12.1 Å². The van der Waals surface area contributed by atoms with Crippen LogP contribution in [0.1, 0.15) is 19.3 Å². The number of hydrogen-bond donors (Lipinski definition) is 2. The topological polar surface area (TPSA) is 79.3 Å². The molecule has 2 aliphatic carbocycles. The minimum Gasteiger partial charge on any atom is -0.481 e. The number of aromatic nitrogens is 1. The van der Waals surface area contributed by atoms with Crippen LogP contribution in [-0.2, 0) is 9.59 Å². The van der Waals surface area contributed by atoms with Crippen molar-refractivity contribution in [3.8, 4) is 11.3 Å². The summed E-state index contributed by atoms with van der Waals surface area (Å²) in [5.41, 5.74) is 1.68. The maximum Gasteiger partial charge on any atom is 0.307 e. The van der Waals surface area contributed by atoms with Crippen LogP contribution in [0, 0.1) is 23.7 Å². The first-order valence-electron chi connectivity index (χ1n) is 8.28. The molecule has 2 aromatic rings. The second-order valence-electron chi connectivity index (χ2n) is 6.76. The number of anilines is 1. The zero-order valence-electron chi connectivity index (χ0n) is 13.3. The van der Waals surface area contributed by atoms with Crippen LogP contribution in [-0.4, -0.2) is 22.0 Å². The first-order chi connectivity index (χ1) is 12.0. The summed E-state index contributed by atoms with van der Waals surface area (Å²) in [6.45, 7) is 0. The van der Waals surface area contributed by atoms with E-state index in [1.165, 1.54) is 11.3 Å². The quantitative estimate of drug-likeness (QED) is 0.840. The molecule has 5 nitrogen and oxygen atoms in total. The van der Waals surface area contributed by atoms with Gasteiger partial charge in [0.25, 0.3) is 0 Å². The number of thiazole rings is 1. The number of carbonyl (C=O) groups excluding carboxylic acids is 1. The zero-order valence-corrected chi connectivity index (χ0v) is 14.9. The van der Waals surface area contributed by atoms with Crippen molar-refractivity contribution in [2.75, 3.05) is 5.32 Å². The van der Waals surface area contributed by atoms with Gasteiger partial charge < -0.3 is 10.4 Å². The number of carboxylic acids is 1. The number of carboxylic acid groups (broad SMARTS) is 1. The van der Waals surface area contributed by atoms with Crippen LogP contribution < -0.4 is 5.32 Å². The Morgan fingerprint density at radius 1 is 1.16 bits per heavy atom. The fourth-order valence-corrected chi connectivity index (χ4v) is 5.15. The highest BCUT2D eigenvalue weighted by Crippen LogP contribution is 2.52. The SMILES string of the molecule is O=C(Nc1nc(-c2ccc(Cl)cc2)cs1)[C@@H]1[C@H]2CC[C@H](C2)[C@@H]1C(=O)O. The largest absolute Gasteiger partial charge is 0.481 e. The maximum atomic E-state index is 12.7. The lowest BCUT2D eigenvalue weighted by molar-refractivity contribution is -0.148. The molecule has 0 unspecified atom stereocenters. The van der Waals surface area contributed by atoms with Gasteiger partial charge in [-0.15, -0.1) is 11.3 Å². The predicted molar refractivity (Wildman–Crippen MR) is 96.6 cm³/mol. The van der Waals surface area contributed by atoms with Gasteiger partial charge in [-0.25, -0.2) is 4.98 Å². The number of fused-ring (bicyclic) bond motifs is 2. The highest BCUT2D eigenvalue weighted by molar-refractivity contribution is 7.14. The van der Waals surface area contributed by atoms with Crippen LogP contribution in [0.5, 0.6) is 0 Å². The third-order valence-corrected chi connectivity index (χ3v) is 6.39. The van der Waals surface area contributed by atoms with Crippen molar-refractivity contribution in [3.63, 3.8) is 0 Å². The Hall–Kier alpha value is -1.92. The van der Waals surface area contributed by atoms with Gasteiger partial charge in [0.15, 0.2) is 5.13 Å². The molecule has 2 aliphatic rings. The van der Waals surface area contributed by atoms with Gasteiger partial charge in [-0.2, -0.15) is 0 Å². The van der Waals surface area contributed by atoms with E-state index in [9.17, 15) is 14.7 Å². The molecule has 2 N–H and O–H groups in total. The van der Waals surface area contributed by atoms with Gasteiger partial charge in [0.1, 0.15) is 0 Å². The number of nitrogens with one attached hydrogen (secondary N) is 1. The molecule has 0 aliphatic heterocycles. The van der Waals surface area contributed by atoms with E-state index in [2.05, 4.69) is 10.3 Å². The number of nitrogens with zero attached hydrogens (tertiary/aromatic N) is 1. The lowest BCUT2D eigenvalue weighted by atomic mass is 9.79. The molecule has 2 fully saturated rings. The van der Waals surface area contributed by atoms with Crippen LogP contribution in [0.25, 0.3) is 11.3 Å². The lowest BCUT2D eigenvalue weighted by Gasteiger charge is -2.26. The Morgan fingerprint density at radius 3 is 2.52 bits per heavy atom. The Bertz CT molecular complexity index is 820. The van der Waals surface area contributed by atoms with Crippen molar-refractivity contribution in [2.45, 2.75) is 19.3 Å². The first kappa shape index (κ1) is 16.5. The minimum absolute atomic E-state index is 0.138. The molecule has 7 heteroatoms. The van der Waals surface area contributed by atoms with Crippen LogP contribution in [0.2, 0.25) is 5.02 Å². The van der Waals surface area contributed by atoms with Crippen molar-refractivity contribution < 1.29 is 14.7 Å². The number of benzene rings is 1. The summed E-state index contributed by atoms with van der Waals surface area (Å²) < 4.78 is 0. The van der Waals surface area contributed by atoms with E-state index >= 15 is 0 Å². The number of hydrogen-bond acceptors (Lipinski definition) is 4. The Labute approximate surface area is 154 Å². The molecule has 1 heterocycles. The highest BCUT2D eigenvalue weighted by Gasteiger charge is 2.54. The van der Waals surface area contributed by atoms with E-state index in [1.807, 2.05) is 17.5 Å². The summed E-state index contributed by atoms with van der Waals surface area (Å²) in [5, 5.41) is 15.4. The second kappa shape index (κ2) is 6.42. The van der Waals surface area contributed by atoms with Gasteiger partial charge in [0.2, 0.25) is 5.91 Å². The van der Waals surface area contributed by atoms with E-state index in [-0.39, 0.29) is 17.7 Å². The molecule has 4 atom stereocenters. The number of carbonyl (C=O) groups is 2. The molecule has 0 saturated heterocycles. The summed E-state index contributed by atoms with van der Waals surface area (Å²) in [6, 6.07) is 7.33. The maximum absolute atomic E-state index is 12.7. The zero-order chi connectivity index (χ0) is 17.6. The fraction of sp³-hybridized carbons (Fsp3) is 0.389. The standard InChI is InChI=1S/C18H17ClN2O3S/c19-12-5-3-9(4-6-12)13-8-25-18(20-13)21-16(22)14-10-1-2-11(7-10)15(14)17(23)24/h3-6,8,10-11,14-15H,1-2,7H2,(H,23,24)(H,20,21,22)/t10-,11+,14+,15-/m0/s1. The summed E-state index contributed by atoms with van der Waals surface area (Å²) in [4.78, 5) is 28.7. The average Bonchev–Trinajstić information content (AvgIpc) is 3.30. The van der Waals surface area contributed by atoms with Gasteiger partial charge in [0, 0.05) is 16.0 Å². The molecule has 25 heavy (non-hydrogen) atoms. The summed E-state index contributed by atoms with van der Waals surface area (Å²) in [7, 11) is 0. The number of rotatable bonds is 4. The predicted octanol–water partition coefficient (Wildman–Crippen LogP) is 4.15. The molecule has 1 amide bonds. The summed E-state index contributed by atoms with van der Waals surface area (Å²) >= 11 is 7.24. The van der Waals surface area contributed by atoms with Crippen LogP contribution >= 0.6 is 22.9 Å². The third-order valence-electron chi connectivity index (χ3n) is 5.38. The van der Waals surface area contributed by atoms with Crippen molar-refractivity contribution in [3.05, 3.63) is 34.7 Å². The van der Waals surface area contributed by atoms with Gasteiger partial charge in [-0.05, 0) is 43.2 Å². The molecule has 4 rings (SSSR count). The van der Waals surface area contributed by atoms with Crippen LogP contribution in [0.15, 0.2) is 29.6 Å². The first-order valence-corrected chi connectivity index (χ1v) is 9.54. The van der Waals surface area contributed by atoms with Gasteiger partial charge in [-0.1, -0.05) is 23.7 Å². The Kier molecular flexibility index (Phi) is 4.25. The number of amides is 1. The van der Waals surface area contributed by atoms with Gasteiger partial charge in [0.05, 0.1) is 17.5 Å². The Balaban J connectivity index is 1.50. The number of halogens is 1. The average molecular weight is 377 g/mol. The van der Waals surface area contributed by atoms with Gasteiger partial charge in [-0.3, -0.25) is 9.59 Å². The second-order valence-corrected chi connectivity index (χ2v) is 8.05. The van der Waals surface area contributed by atoms with E-state index in [0.717, 1.165) is 30.5 Å². The monoisotopic (exact) mass is 376 g/mol. The molecule has 2 bridgehead atoms. The Morgan fingerprint density at radius 2 is 1.84 bits per heavy atom. The molecular weight excluding hydrogens is 360 g/mol. The molecule has 130 valence electrons. The third kappa shape index (κ3) is 3.04. The van der Waals surface area contributed by atoms with E-state index in [4.69, 9.17) is 11.6 Å². The lowest BCUT2D eigenvalue weighted by Crippen LogP contribution is -2.37. The molecular formula is C18H17ClN2O3S. The fourth-order valence-electron chi connectivity index (χ4n) is 4.30. The smallest absolute Gasteiger partial charge is 0.307 e. The van der Waals surface area contributed by atoms with Crippen molar-refractivity contribution in [1.29, 1.82) is 0 Å². The molecule has 2 saturated carbocycles. The van der Waals surface area contributed by atoms with Crippen molar-refractivity contribution >= 4 is 39.9 Å². The van der Waals surface area contributed by atoms with Crippen molar-refractivity contribution in [1.82, 2.24) is 4.98 Å². The van der Waals surface area contributed by atoms with E-state index in [0.29, 0.717) is 10.2 Å². The molecule has 0 spiro atoms. The van der Waals surface area contributed by atoms with Gasteiger partial charge >= 0.3 is 5.97 Å². The highest BCUT2D eigenvalue weighted by atomic mass is 35.5. The van der Waals surface area contributed by atoms with Crippen LogP contribution in [0.4, 0.5) is 5.13 Å². The molecule has 1 aromatic heterocycles. The molecule has 0 radical (unpaired) electrons. The molecule has 1 aromatic carbocycles. The van der Waals surface area contributed by atoms with E-state index < -0.39 is 17.8 Å². The van der Waals surface area contributed by atoms with Crippen molar-refractivity contribution in [2.24, 2.45) is 23.7 Å².